The van der Waals surface area contributed by atoms with E-state index in [1.807, 2.05) is 0 Å². The van der Waals surface area contributed by atoms with Gasteiger partial charge in [-0.05, 0) is 25.1 Å². The van der Waals surface area contributed by atoms with Gasteiger partial charge in [0.1, 0.15) is 11.3 Å². The molecule has 0 heterocycles. The number of carbonyl (C=O) groups excluding carboxylic acids is 2. The van der Waals surface area contributed by atoms with Gasteiger partial charge in [0, 0.05) is 24.9 Å². The van der Waals surface area contributed by atoms with E-state index >= 15 is 0 Å². The Kier molecular flexibility index (Phi) is 7.29. The minimum Gasteiger partial charge on any atom is -0.506 e. The molecule has 0 aliphatic carbocycles. The van der Waals surface area contributed by atoms with Crippen LogP contribution in [-0.2, 0) is 14.3 Å². The molecule has 6 nitrogen and oxygen atoms in total. The maximum absolute atomic E-state index is 14.0. The molecule has 2 aromatic carbocycles. The van der Waals surface area contributed by atoms with Crippen molar-refractivity contribution in [2.24, 2.45) is 4.99 Å². The summed E-state index contributed by atoms with van der Waals surface area (Å²) in [6.07, 6.45) is 0.724. The predicted octanol–water partition coefficient (Wildman–Crippen LogP) is 4.44. The number of aliphatic hydroxyl groups excluding tert-OH is 1. The lowest BCUT2D eigenvalue weighted by Crippen LogP contribution is -2.13. The number of nitrogens with zero attached hydrogens (tertiary/aromatic N) is 1. The summed E-state index contributed by atoms with van der Waals surface area (Å²) in [7, 11) is 0. The van der Waals surface area contributed by atoms with Crippen LogP contribution in [-0.4, -0.2) is 29.8 Å². The molecule has 158 valence electrons. The second kappa shape index (κ2) is 9.68. The molecule has 0 bridgehead atoms. The molecule has 0 spiro atoms. The number of nitrogens with one attached hydrogen (secondary N) is 1. The van der Waals surface area contributed by atoms with Crippen LogP contribution in [0.4, 0.5) is 28.9 Å². The van der Waals surface area contributed by atoms with E-state index in [2.05, 4.69) is 10.3 Å². The van der Waals surface area contributed by atoms with Crippen LogP contribution in [0, 0.1) is 23.3 Å². The average Bonchev–Trinajstić information content (AvgIpc) is 2.67. The van der Waals surface area contributed by atoms with Gasteiger partial charge in [-0.3, -0.25) is 9.79 Å². The fraction of sp³-hybridized carbons (Fsp3) is 0.150. The van der Waals surface area contributed by atoms with Crippen molar-refractivity contribution in [3.8, 4) is 0 Å². The number of esters is 1. The maximum atomic E-state index is 14.0. The third kappa shape index (κ3) is 5.22. The SMILES string of the molecule is CCOC(=O)/C(C=Nc1cccc(NC(C)=O)c1)=C(\O)c1c(F)c(F)cc(F)c1F. The molecule has 10 heteroatoms. The first-order chi connectivity index (χ1) is 14.1. The number of benzene rings is 2. The number of amides is 1. The zero-order valence-electron chi connectivity index (χ0n) is 15.8. The normalized spacial score (nSPS) is 11.9. The summed E-state index contributed by atoms with van der Waals surface area (Å²) in [6.45, 7) is 2.56. The number of aliphatic imine (C=N–C) groups is 1. The van der Waals surface area contributed by atoms with Gasteiger partial charge in [0.05, 0.1) is 17.9 Å². The number of anilines is 1. The van der Waals surface area contributed by atoms with Gasteiger partial charge < -0.3 is 15.2 Å². The summed E-state index contributed by atoms with van der Waals surface area (Å²) in [4.78, 5) is 27.2. The lowest BCUT2D eigenvalue weighted by molar-refractivity contribution is -0.137. The number of hydrogen-bond donors (Lipinski definition) is 2. The Balaban J connectivity index is 2.59. The smallest absolute Gasteiger partial charge is 0.343 e. The van der Waals surface area contributed by atoms with Crippen molar-refractivity contribution < 1.29 is 37.0 Å². The standard InChI is InChI=1S/C20H16F4N2O4/c1-3-30-20(29)13(9-25-11-5-4-6-12(7-11)26-10(2)27)19(28)16-17(23)14(21)8-15(22)18(16)24/h4-9,28H,3H2,1-2H3,(H,26,27)/b19-13-,25-9?. The van der Waals surface area contributed by atoms with Crippen LogP contribution in [0.15, 0.2) is 40.9 Å². The van der Waals surface area contributed by atoms with E-state index in [0.29, 0.717) is 5.69 Å². The lowest BCUT2D eigenvalue weighted by atomic mass is 10.1. The minimum absolute atomic E-state index is 0.0346. The predicted molar refractivity (Wildman–Crippen MR) is 101 cm³/mol. The van der Waals surface area contributed by atoms with Crippen LogP contribution in [0.5, 0.6) is 0 Å². The molecule has 2 rings (SSSR count). The van der Waals surface area contributed by atoms with Crippen LogP contribution in [0.3, 0.4) is 0 Å². The van der Waals surface area contributed by atoms with Crippen molar-refractivity contribution >= 4 is 35.2 Å². The third-order valence-corrected chi connectivity index (χ3v) is 3.61. The summed E-state index contributed by atoms with van der Waals surface area (Å²) >= 11 is 0. The highest BCUT2D eigenvalue weighted by Gasteiger charge is 2.26. The maximum Gasteiger partial charge on any atom is 0.343 e. The molecule has 0 fully saturated rings. The Labute approximate surface area is 168 Å². The first-order valence-electron chi connectivity index (χ1n) is 8.51. The minimum atomic E-state index is -1.89. The van der Waals surface area contributed by atoms with Crippen molar-refractivity contribution in [1.29, 1.82) is 0 Å². The van der Waals surface area contributed by atoms with Gasteiger partial charge in [-0.2, -0.15) is 0 Å². The van der Waals surface area contributed by atoms with Gasteiger partial charge in [0.15, 0.2) is 23.3 Å². The third-order valence-electron chi connectivity index (χ3n) is 3.61. The molecule has 2 aromatic rings. The molecule has 0 unspecified atom stereocenters. The first kappa shape index (κ1) is 22.6. The zero-order valence-corrected chi connectivity index (χ0v) is 15.8. The van der Waals surface area contributed by atoms with Crippen LogP contribution in [0.25, 0.3) is 5.76 Å². The van der Waals surface area contributed by atoms with Crippen LogP contribution in [0.1, 0.15) is 19.4 Å². The van der Waals surface area contributed by atoms with Crippen molar-refractivity contribution in [2.45, 2.75) is 13.8 Å². The lowest BCUT2D eigenvalue weighted by Gasteiger charge is -2.10. The fourth-order valence-corrected chi connectivity index (χ4v) is 2.34. The molecule has 30 heavy (non-hydrogen) atoms. The van der Waals surface area contributed by atoms with Crippen LogP contribution in [0.2, 0.25) is 0 Å². The topological polar surface area (TPSA) is 88.0 Å². The van der Waals surface area contributed by atoms with E-state index < -0.39 is 46.1 Å². The van der Waals surface area contributed by atoms with E-state index in [0.717, 1.165) is 6.21 Å². The van der Waals surface area contributed by atoms with Gasteiger partial charge >= 0.3 is 5.97 Å². The Morgan fingerprint density at radius 1 is 1.13 bits per heavy atom. The summed E-state index contributed by atoms with van der Waals surface area (Å²) in [6, 6.07) is 5.91. The average molecular weight is 424 g/mol. The van der Waals surface area contributed by atoms with Gasteiger partial charge in [0.2, 0.25) is 5.91 Å². The summed E-state index contributed by atoms with van der Waals surface area (Å²) in [5.41, 5.74) is -1.77. The van der Waals surface area contributed by atoms with Gasteiger partial charge in [0.25, 0.3) is 0 Å². The molecule has 2 N–H and O–H groups in total. The summed E-state index contributed by atoms with van der Waals surface area (Å²) in [5, 5.41) is 12.8. The number of hydrogen-bond acceptors (Lipinski definition) is 5. The van der Waals surface area contributed by atoms with E-state index in [1.165, 1.54) is 32.0 Å². The zero-order chi connectivity index (χ0) is 22.4. The summed E-state index contributed by atoms with van der Waals surface area (Å²) in [5.74, 6) is -10.3. The van der Waals surface area contributed by atoms with Crippen molar-refractivity contribution in [1.82, 2.24) is 0 Å². The van der Waals surface area contributed by atoms with Gasteiger partial charge in [-0.1, -0.05) is 6.07 Å². The van der Waals surface area contributed by atoms with E-state index in [9.17, 15) is 32.3 Å². The summed E-state index contributed by atoms with van der Waals surface area (Å²) < 4.78 is 59.8. The number of ether oxygens (including phenoxy) is 1. The largest absolute Gasteiger partial charge is 0.506 e. The molecule has 0 saturated carbocycles. The number of aliphatic hydroxyl groups is 1. The highest BCUT2D eigenvalue weighted by molar-refractivity contribution is 6.15. The van der Waals surface area contributed by atoms with Gasteiger partial charge in [-0.15, -0.1) is 0 Å². The van der Waals surface area contributed by atoms with Crippen LogP contribution < -0.4 is 5.32 Å². The Bertz CT molecular complexity index is 1030. The molecule has 0 aliphatic rings. The molecule has 0 saturated heterocycles. The Hall–Kier alpha value is -3.69. The van der Waals surface area contributed by atoms with E-state index in [-0.39, 0.29) is 24.3 Å². The highest BCUT2D eigenvalue weighted by Crippen LogP contribution is 2.27. The van der Waals surface area contributed by atoms with Crippen LogP contribution >= 0.6 is 0 Å². The Morgan fingerprint density at radius 2 is 1.77 bits per heavy atom. The molecule has 0 aromatic heterocycles. The Morgan fingerprint density at radius 3 is 2.33 bits per heavy atom. The molecular formula is C20H16F4N2O4. The first-order valence-corrected chi connectivity index (χ1v) is 8.51. The highest BCUT2D eigenvalue weighted by atomic mass is 19.2. The number of halogens is 4. The molecule has 0 radical (unpaired) electrons. The molecule has 1 amide bonds. The second-order valence-electron chi connectivity index (χ2n) is 5.82. The fourth-order valence-electron chi connectivity index (χ4n) is 2.34. The van der Waals surface area contributed by atoms with Crippen molar-refractivity contribution in [2.75, 3.05) is 11.9 Å². The molecule has 0 aliphatic heterocycles. The quantitative estimate of drug-likeness (QED) is 0.179. The second-order valence-corrected chi connectivity index (χ2v) is 5.82. The monoisotopic (exact) mass is 424 g/mol. The number of carbonyl (C=O) groups is 2. The molecular weight excluding hydrogens is 408 g/mol. The van der Waals surface area contributed by atoms with Crippen molar-refractivity contribution in [3.63, 3.8) is 0 Å². The van der Waals surface area contributed by atoms with E-state index in [1.54, 1.807) is 6.07 Å². The van der Waals surface area contributed by atoms with Gasteiger partial charge in [-0.25, -0.2) is 22.4 Å². The van der Waals surface area contributed by atoms with Crippen molar-refractivity contribution in [3.05, 3.63) is 64.7 Å². The van der Waals surface area contributed by atoms with E-state index in [4.69, 9.17) is 4.74 Å². The molecule has 0 atom stereocenters. The number of rotatable bonds is 6.